The minimum atomic E-state index is 0.0441. The fraction of sp³-hybridized carbons (Fsp3) is 0.353. The molecule has 112 valence electrons. The van der Waals surface area contributed by atoms with E-state index >= 15 is 0 Å². The highest BCUT2D eigenvalue weighted by atomic mass is 35.5. The molecule has 0 spiro atoms. The third-order valence-electron chi connectivity index (χ3n) is 3.19. The predicted molar refractivity (Wildman–Crippen MR) is 86.8 cm³/mol. The van der Waals surface area contributed by atoms with Crippen LogP contribution in [0, 0.1) is 0 Å². The highest BCUT2D eigenvalue weighted by Crippen LogP contribution is 2.15. The molecule has 0 aliphatic heterocycles. The molecular weight excluding hydrogens is 286 g/mol. The van der Waals surface area contributed by atoms with Crippen LogP contribution in [0.5, 0.6) is 0 Å². The largest absolute Gasteiger partial charge is 0.380 e. The Bertz CT molecular complexity index is 586. The van der Waals surface area contributed by atoms with Crippen molar-refractivity contribution in [1.82, 2.24) is 5.32 Å². The van der Waals surface area contributed by atoms with Crippen molar-refractivity contribution in [3.05, 3.63) is 48.0 Å². The second kappa shape index (κ2) is 8.65. The van der Waals surface area contributed by atoms with E-state index in [1.54, 1.807) is 0 Å². The van der Waals surface area contributed by atoms with Gasteiger partial charge in [0.1, 0.15) is 0 Å². The number of ether oxygens (including phenoxy) is 1. The van der Waals surface area contributed by atoms with Crippen molar-refractivity contribution in [1.29, 1.82) is 0 Å². The Hall–Kier alpha value is -1.58. The minimum absolute atomic E-state index is 0.0441. The first-order valence-corrected chi connectivity index (χ1v) is 7.71. The summed E-state index contributed by atoms with van der Waals surface area (Å²) in [6.07, 6.45) is 1.22. The monoisotopic (exact) mass is 305 g/mol. The number of fused-ring (bicyclic) bond motifs is 1. The third kappa shape index (κ3) is 5.37. The Kier molecular flexibility index (Phi) is 6.51. The van der Waals surface area contributed by atoms with Gasteiger partial charge in [0.2, 0.25) is 5.91 Å². The Balaban J connectivity index is 1.76. The van der Waals surface area contributed by atoms with Crippen molar-refractivity contribution in [3.8, 4) is 0 Å². The van der Waals surface area contributed by atoms with Gasteiger partial charge in [-0.05, 0) is 22.8 Å². The van der Waals surface area contributed by atoms with E-state index < -0.39 is 0 Å². The van der Waals surface area contributed by atoms with Crippen molar-refractivity contribution in [2.75, 3.05) is 25.6 Å². The minimum Gasteiger partial charge on any atom is -0.380 e. The molecule has 0 heterocycles. The van der Waals surface area contributed by atoms with Crippen LogP contribution in [0.25, 0.3) is 10.8 Å². The lowest BCUT2D eigenvalue weighted by Gasteiger charge is -2.06. The third-order valence-corrected chi connectivity index (χ3v) is 3.34. The Morgan fingerprint density at radius 2 is 1.90 bits per heavy atom. The van der Waals surface area contributed by atoms with Crippen molar-refractivity contribution in [2.24, 2.45) is 0 Å². The van der Waals surface area contributed by atoms with Gasteiger partial charge in [0.15, 0.2) is 0 Å². The van der Waals surface area contributed by atoms with Crippen LogP contribution in [0.4, 0.5) is 0 Å². The van der Waals surface area contributed by atoms with Crippen molar-refractivity contribution in [2.45, 2.75) is 12.8 Å². The van der Waals surface area contributed by atoms with Gasteiger partial charge in [-0.1, -0.05) is 42.5 Å². The van der Waals surface area contributed by atoms with Gasteiger partial charge in [0, 0.05) is 19.0 Å². The molecule has 0 fully saturated rings. The van der Waals surface area contributed by atoms with Crippen LogP contribution in [0.3, 0.4) is 0 Å². The molecule has 0 saturated heterocycles. The van der Waals surface area contributed by atoms with Crippen LogP contribution >= 0.6 is 11.6 Å². The molecule has 0 aromatic heterocycles. The molecule has 0 saturated carbocycles. The molecule has 0 aliphatic carbocycles. The van der Waals surface area contributed by atoms with E-state index in [9.17, 15) is 4.79 Å². The van der Waals surface area contributed by atoms with Gasteiger partial charge < -0.3 is 10.1 Å². The summed E-state index contributed by atoms with van der Waals surface area (Å²) in [6, 6.07) is 14.3. The summed E-state index contributed by atoms with van der Waals surface area (Å²) in [6.45, 7) is 1.82. The van der Waals surface area contributed by atoms with Crippen molar-refractivity contribution < 1.29 is 9.53 Å². The molecule has 4 heteroatoms. The van der Waals surface area contributed by atoms with Gasteiger partial charge in [-0.15, -0.1) is 11.6 Å². The fourth-order valence-corrected chi connectivity index (χ4v) is 2.26. The van der Waals surface area contributed by atoms with Crippen LogP contribution < -0.4 is 5.32 Å². The van der Waals surface area contributed by atoms with E-state index in [0.29, 0.717) is 32.1 Å². The summed E-state index contributed by atoms with van der Waals surface area (Å²) >= 11 is 5.50. The Morgan fingerprint density at radius 3 is 2.71 bits per heavy atom. The number of nitrogens with one attached hydrogen (secondary N) is 1. The van der Waals surface area contributed by atoms with Gasteiger partial charge in [0.05, 0.1) is 13.0 Å². The normalized spacial score (nSPS) is 10.7. The number of amides is 1. The maximum atomic E-state index is 11.9. The van der Waals surface area contributed by atoms with E-state index in [0.717, 1.165) is 17.4 Å². The number of rotatable bonds is 8. The lowest BCUT2D eigenvalue weighted by Crippen LogP contribution is -2.26. The SMILES string of the molecule is O=C(Cc1ccc2ccccc2c1)NCCCOCCCl. The smallest absolute Gasteiger partial charge is 0.224 e. The first kappa shape index (κ1) is 15.8. The highest BCUT2D eigenvalue weighted by molar-refractivity contribution is 6.17. The predicted octanol–water partition coefficient (Wildman–Crippen LogP) is 3.14. The van der Waals surface area contributed by atoms with E-state index in [1.807, 2.05) is 18.2 Å². The molecule has 3 nitrogen and oxygen atoms in total. The van der Waals surface area contributed by atoms with E-state index in [1.165, 1.54) is 5.39 Å². The fourth-order valence-electron chi connectivity index (χ4n) is 2.16. The Morgan fingerprint density at radius 1 is 1.10 bits per heavy atom. The van der Waals surface area contributed by atoms with Crippen LogP contribution in [-0.2, 0) is 16.0 Å². The maximum Gasteiger partial charge on any atom is 0.224 e. The molecule has 0 bridgehead atoms. The number of hydrogen-bond donors (Lipinski definition) is 1. The molecule has 1 N–H and O–H groups in total. The summed E-state index contributed by atoms with van der Waals surface area (Å²) in [7, 11) is 0. The van der Waals surface area contributed by atoms with Crippen LogP contribution in [0.1, 0.15) is 12.0 Å². The molecule has 2 rings (SSSR count). The van der Waals surface area contributed by atoms with Crippen LogP contribution in [0.2, 0.25) is 0 Å². The summed E-state index contributed by atoms with van der Waals surface area (Å²) < 4.78 is 5.25. The average molecular weight is 306 g/mol. The van der Waals surface area contributed by atoms with Gasteiger partial charge >= 0.3 is 0 Å². The van der Waals surface area contributed by atoms with Gasteiger partial charge in [0.25, 0.3) is 0 Å². The number of benzene rings is 2. The summed E-state index contributed by atoms with van der Waals surface area (Å²) in [5, 5.41) is 5.26. The van der Waals surface area contributed by atoms with Gasteiger partial charge in [-0.25, -0.2) is 0 Å². The van der Waals surface area contributed by atoms with Gasteiger partial charge in [-0.3, -0.25) is 4.79 Å². The number of hydrogen-bond acceptors (Lipinski definition) is 2. The number of carbonyl (C=O) groups excluding carboxylic acids is 1. The first-order chi connectivity index (χ1) is 10.3. The number of carbonyl (C=O) groups is 1. The zero-order valence-corrected chi connectivity index (χ0v) is 12.7. The van der Waals surface area contributed by atoms with E-state index in [4.69, 9.17) is 16.3 Å². The van der Waals surface area contributed by atoms with Crippen molar-refractivity contribution >= 4 is 28.3 Å². The standard InChI is InChI=1S/C17H20ClNO2/c18-8-11-21-10-3-9-19-17(20)13-14-6-7-15-4-1-2-5-16(15)12-14/h1-2,4-7,12H,3,8-11,13H2,(H,19,20). The highest BCUT2D eigenvalue weighted by Gasteiger charge is 2.03. The molecule has 0 atom stereocenters. The molecule has 0 radical (unpaired) electrons. The van der Waals surface area contributed by atoms with E-state index in [-0.39, 0.29) is 5.91 Å². The Labute approximate surface area is 130 Å². The quantitative estimate of drug-likeness (QED) is 0.601. The zero-order valence-electron chi connectivity index (χ0n) is 12.0. The lowest BCUT2D eigenvalue weighted by atomic mass is 10.0. The summed E-state index contributed by atoms with van der Waals surface area (Å²) in [5.74, 6) is 0.552. The van der Waals surface area contributed by atoms with Crippen LogP contribution in [0.15, 0.2) is 42.5 Å². The lowest BCUT2D eigenvalue weighted by molar-refractivity contribution is -0.120. The summed E-state index contributed by atoms with van der Waals surface area (Å²) in [4.78, 5) is 11.9. The summed E-state index contributed by atoms with van der Waals surface area (Å²) in [5.41, 5.74) is 1.03. The molecule has 2 aromatic rings. The topological polar surface area (TPSA) is 38.3 Å². The number of alkyl halides is 1. The molecule has 0 unspecified atom stereocenters. The number of halogens is 1. The second-order valence-corrected chi connectivity index (χ2v) is 5.24. The molecule has 2 aromatic carbocycles. The molecular formula is C17H20ClNO2. The molecule has 21 heavy (non-hydrogen) atoms. The maximum absolute atomic E-state index is 11.9. The molecule has 0 aliphatic rings. The first-order valence-electron chi connectivity index (χ1n) is 7.17. The van der Waals surface area contributed by atoms with E-state index in [2.05, 4.69) is 29.6 Å². The van der Waals surface area contributed by atoms with Crippen molar-refractivity contribution in [3.63, 3.8) is 0 Å². The average Bonchev–Trinajstić information content (AvgIpc) is 2.50. The zero-order chi connectivity index (χ0) is 14.9. The van der Waals surface area contributed by atoms with Gasteiger partial charge in [-0.2, -0.15) is 0 Å². The molecule has 1 amide bonds. The van der Waals surface area contributed by atoms with Crippen LogP contribution in [-0.4, -0.2) is 31.5 Å². The second-order valence-electron chi connectivity index (χ2n) is 4.86.